The van der Waals surface area contributed by atoms with Gasteiger partial charge in [-0.25, -0.2) is 4.39 Å². The van der Waals surface area contributed by atoms with Crippen molar-refractivity contribution in [3.8, 4) is 0 Å². The molecule has 2 heterocycles. The molecular formula is C16H23FN2. The number of nitrogens with one attached hydrogen (secondary N) is 1. The first kappa shape index (κ1) is 14.1. The van der Waals surface area contributed by atoms with E-state index < -0.39 is 0 Å². The van der Waals surface area contributed by atoms with Crippen molar-refractivity contribution in [1.82, 2.24) is 9.88 Å². The SMILES string of the molecule is CC(C)c1cn2c3c(cc(F)cc13)CCC2.CNC. The number of nitrogens with zero attached hydrogens (tertiary/aromatic N) is 1. The molecule has 0 amide bonds. The van der Waals surface area contributed by atoms with Crippen molar-refractivity contribution >= 4 is 10.9 Å². The lowest BCUT2D eigenvalue weighted by atomic mass is 9.98. The van der Waals surface area contributed by atoms with Gasteiger partial charge in [0.1, 0.15) is 5.82 Å². The van der Waals surface area contributed by atoms with Crippen molar-refractivity contribution in [2.75, 3.05) is 14.1 Å². The molecule has 0 saturated carbocycles. The van der Waals surface area contributed by atoms with Gasteiger partial charge in [0.05, 0.1) is 5.52 Å². The quantitative estimate of drug-likeness (QED) is 0.829. The van der Waals surface area contributed by atoms with Gasteiger partial charge in [-0.1, -0.05) is 13.8 Å². The highest BCUT2D eigenvalue weighted by Gasteiger charge is 2.18. The average Bonchev–Trinajstić information content (AvgIpc) is 2.71. The Morgan fingerprint density at radius 3 is 2.58 bits per heavy atom. The van der Waals surface area contributed by atoms with Gasteiger partial charge in [-0.2, -0.15) is 0 Å². The first-order valence-corrected chi connectivity index (χ1v) is 6.98. The van der Waals surface area contributed by atoms with Gasteiger partial charge in [-0.15, -0.1) is 0 Å². The van der Waals surface area contributed by atoms with Gasteiger partial charge in [-0.05, 0) is 56.1 Å². The van der Waals surface area contributed by atoms with Crippen LogP contribution in [0.15, 0.2) is 18.3 Å². The maximum absolute atomic E-state index is 13.6. The Labute approximate surface area is 114 Å². The van der Waals surface area contributed by atoms with Crippen LogP contribution >= 0.6 is 0 Å². The van der Waals surface area contributed by atoms with Crippen LogP contribution in [0.1, 0.15) is 37.3 Å². The van der Waals surface area contributed by atoms with Gasteiger partial charge in [0.2, 0.25) is 0 Å². The molecule has 0 radical (unpaired) electrons. The van der Waals surface area contributed by atoms with Crippen LogP contribution < -0.4 is 5.32 Å². The second-order valence-corrected chi connectivity index (χ2v) is 5.50. The van der Waals surface area contributed by atoms with Crippen LogP contribution in [0.3, 0.4) is 0 Å². The number of aromatic nitrogens is 1. The zero-order valence-electron chi connectivity index (χ0n) is 12.3. The largest absolute Gasteiger partial charge is 0.347 e. The van der Waals surface area contributed by atoms with E-state index in [0.717, 1.165) is 24.8 Å². The van der Waals surface area contributed by atoms with E-state index in [2.05, 4.69) is 29.9 Å². The predicted molar refractivity (Wildman–Crippen MR) is 79.3 cm³/mol. The Hall–Kier alpha value is -1.35. The summed E-state index contributed by atoms with van der Waals surface area (Å²) in [5.74, 6) is 0.362. The lowest BCUT2D eigenvalue weighted by molar-refractivity contribution is 0.610. The van der Waals surface area contributed by atoms with E-state index in [9.17, 15) is 4.39 Å². The third-order valence-electron chi connectivity index (χ3n) is 3.51. The number of aryl methyl sites for hydroxylation is 2. The fourth-order valence-corrected chi connectivity index (χ4v) is 2.78. The highest BCUT2D eigenvalue weighted by molar-refractivity contribution is 5.87. The van der Waals surface area contributed by atoms with E-state index in [1.165, 1.54) is 16.6 Å². The molecule has 19 heavy (non-hydrogen) atoms. The van der Waals surface area contributed by atoms with Gasteiger partial charge < -0.3 is 9.88 Å². The van der Waals surface area contributed by atoms with Crippen LogP contribution in [0.25, 0.3) is 10.9 Å². The summed E-state index contributed by atoms with van der Waals surface area (Å²) in [5, 5.41) is 3.87. The molecule has 1 aromatic carbocycles. The van der Waals surface area contributed by atoms with Gasteiger partial charge >= 0.3 is 0 Å². The van der Waals surface area contributed by atoms with E-state index in [1.807, 2.05) is 14.1 Å². The molecule has 0 spiro atoms. The Kier molecular flexibility index (Phi) is 4.25. The van der Waals surface area contributed by atoms with Crippen molar-refractivity contribution in [3.63, 3.8) is 0 Å². The van der Waals surface area contributed by atoms with Crippen molar-refractivity contribution in [1.29, 1.82) is 0 Å². The molecule has 1 aromatic heterocycles. The Balaban J connectivity index is 0.000000408. The van der Waals surface area contributed by atoms with E-state index in [4.69, 9.17) is 0 Å². The van der Waals surface area contributed by atoms with Crippen molar-refractivity contribution in [2.24, 2.45) is 0 Å². The molecule has 0 saturated heterocycles. The summed E-state index contributed by atoms with van der Waals surface area (Å²) >= 11 is 0. The highest BCUT2D eigenvalue weighted by Crippen LogP contribution is 2.33. The maximum Gasteiger partial charge on any atom is 0.124 e. The fourth-order valence-electron chi connectivity index (χ4n) is 2.78. The minimum atomic E-state index is -0.0935. The molecule has 0 fully saturated rings. The third kappa shape index (κ3) is 2.66. The molecule has 0 bridgehead atoms. The van der Waals surface area contributed by atoms with Crippen molar-refractivity contribution in [3.05, 3.63) is 35.3 Å². The van der Waals surface area contributed by atoms with Crippen LogP contribution in [0.2, 0.25) is 0 Å². The number of halogens is 1. The predicted octanol–water partition coefficient (Wildman–Crippen LogP) is 3.69. The van der Waals surface area contributed by atoms with Crippen LogP contribution in [0.5, 0.6) is 0 Å². The third-order valence-corrected chi connectivity index (χ3v) is 3.51. The lowest BCUT2D eigenvalue weighted by Crippen LogP contribution is -2.06. The molecule has 3 rings (SSSR count). The molecule has 0 unspecified atom stereocenters. The fraction of sp³-hybridized carbons (Fsp3) is 0.500. The van der Waals surface area contributed by atoms with Crippen molar-refractivity contribution in [2.45, 2.75) is 39.2 Å². The van der Waals surface area contributed by atoms with Gasteiger partial charge in [-0.3, -0.25) is 0 Å². The number of benzene rings is 1. The topological polar surface area (TPSA) is 17.0 Å². The zero-order chi connectivity index (χ0) is 14.0. The second kappa shape index (κ2) is 5.74. The molecule has 0 atom stereocenters. The summed E-state index contributed by atoms with van der Waals surface area (Å²) < 4.78 is 15.8. The Morgan fingerprint density at radius 1 is 1.26 bits per heavy atom. The molecule has 2 nitrogen and oxygen atoms in total. The number of hydrogen-bond acceptors (Lipinski definition) is 1. The first-order valence-electron chi connectivity index (χ1n) is 6.98. The van der Waals surface area contributed by atoms with Gasteiger partial charge in [0.25, 0.3) is 0 Å². The lowest BCUT2D eigenvalue weighted by Gasteiger charge is -2.15. The molecule has 1 N–H and O–H groups in total. The van der Waals surface area contributed by atoms with Crippen molar-refractivity contribution < 1.29 is 4.39 Å². The average molecular weight is 262 g/mol. The Morgan fingerprint density at radius 2 is 1.95 bits per heavy atom. The molecule has 3 heteroatoms. The summed E-state index contributed by atoms with van der Waals surface area (Å²) in [6.07, 6.45) is 4.34. The van der Waals surface area contributed by atoms with Crippen LogP contribution in [-0.4, -0.2) is 18.7 Å². The second-order valence-electron chi connectivity index (χ2n) is 5.50. The van der Waals surface area contributed by atoms with E-state index in [1.54, 1.807) is 12.1 Å². The minimum absolute atomic E-state index is 0.0935. The monoisotopic (exact) mass is 262 g/mol. The summed E-state index contributed by atoms with van der Waals surface area (Å²) in [4.78, 5) is 0. The molecule has 1 aliphatic heterocycles. The van der Waals surface area contributed by atoms with Gasteiger partial charge in [0.15, 0.2) is 0 Å². The normalized spacial score (nSPS) is 13.6. The summed E-state index contributed by atoms with van der Waals surface area (Å²) in [5.41, 5.74) is 3.71. The van der Waals surface area contributed by atoms with E-state index in [-0.39, 0.29) is 5.82 Å². The number of rotatable bonds is 1. The smallest absolute Gasteiger partial charge is 0.124 e. The molecular weight excluding hydrogens is 239 g/mol. The maximum atomic E-state index is 13.6. The van der Waals surface area contributed by atoms with E-state index in [0.29, 0.717) is 5.92 Å². The minimum Gasteiger partial charge on any atom is -0.347 e. The van der Waals surface area contributed by atoms with Crippen LogP contribution in [0.4, 0.5) is 4.39 Å². The molecule has 2 aromatic rings. The summed E-state index contributed by atoms with van der Waals surface area (Å²) in [6, 6.07) is 3.39. The summed E-state index contributed by atoms with van der Waals surface area (Å²) in [7, 11) is 3.75. The standard InChI is InChI=1S/C14H16FN.C2H7N/c1-9(2)13-8-16-5-3-4-10-6-11(15)7-12(13)14(10)16;1-3-2/h6-9H,3-5H2,1-2H3;3H,1-2H3. The Bertz CT molecular complexity index is 570. The summed E-state index contributed by atoms with van der Waals surface area (Å²) in [6.45, 7) is 5.41. The first-order chi connectivity index (χ1) is 9.08. The molecule has 104 valence electrons. The zero-order valence-corrected chi connectivity index (χ0v) is 12.3. The number of hydrogen-bond donors (Lipinski definition) is 1. The molecule has 1 aliphatic rings. The van der Waals surface area contributed by atoms with Crippen LogP contribution in [-0.2, 0) is 13.0 Å². The highest BCUT2D eigenvalue weighted by atomic mass is 19.1. The van der Waals surface area contributed by atoms with Crippen LogP contribution in [0, 0.1) is 5.82 Å². The van der Waals surface area contributed by atoms with Gasteiger partial charge in [0, 0.05) is 18.1 Å². The molecule has 0 aliphatic carbocycles. The van der Waals surface area contributed by atoms with E-state index >= 15 is 0 Å².